The Kier molecular flexibility index (Phi) is 7.40. The number of amides is 1. The number of carbonyl (C=O) groups is 1. The van der Waals surface area contributed by atoms with Crippen molar-refractivity contribution < 1.29 is 18.3 Å². The third-order valence-corrected chi connectivity index (χ3v) is 7.43. The molecule has 1 aromatic heterocycles. The van der Waals surface area contributed by atoms with Crippen molar-refractivity contribution in [2.24, 2.45) is 0 Å². The van der Waals surface area contributed by atoms with Gasteiger partial charge in [0.15, 0.2) is 11.5 Å². The SMILES string of the molecule is CN[C@@H]1CCCN(C(=O)c2cc(-c3ccc(C#N)c(F)c3)n(-c3ccc(N4CC[C@H](OC)C4)cc3F)n2)C1. The van der Waals surface area contributed by atoms with Crippen LogP contribution in [0.4, 0.5) is 14.5 Å². The lowest BCUT2D eigenvalue weighted by atomic mass is 10.1. The fraction of sp³-hybridized carbons (Fsp3) is 0.393. The molecule has 2 aromatic carbocycles. The molecule has 2 saturated heterocycles. The van der Waals surface area contributed by atoms with E-state index in [0.717, 1.165) is 31.5 Å². The van der Waals surface area contributed by atoms with Gasteiger partial charge >= 0.3 is 0 Å². The van der Waals surface area contributed by atoms with Gasteiger partial charge in [-0.25, -0.2) is 13.5 Å². The van der Waals surface area contributed by atoms with Gasteiger partial charge in [-0.1, -0.05) is 6.07 Å². The van der Waals surface area contributed by atoms with Crippen LogP contribution in [0.15, 0.2) is 42.5 Å². The second-order valence-electron chi connectivity index (χ2n) is 9.74. The standard InChI is InChI=1S/C28H30F2N6O2/c1-32-20-4-3-10-35(16-20)28(37)25-14-27(18-5-6-19(15-31)23(29)12-18)36(33-25)26-8-7-21(13-24(26)30)34-11-9-22(17-34)38-2/h5-8,12-14,20,22,32H,3-4,9-11,16-17H2,1-2H3/t20-,22+/m1/s1. The first kappa shape index (κ1) is 25.8. The molecule has 8 nitrogen and oxygen atoms in total. The Labute approximate surface area is 220 Å². The van der Waals surface area contributed by atoms with Gasteiger partial charge in [0.25, 0.3) is 5.91 Å². The maximum absolute atomic E-state index is 15.6. The molecule has 1 N–H and O–H groups in total. The number of likely N-dealkylation sites (N-methyl/N-ethyl adjacent to an activating group) is 1. The summed E-state index contributed by atoms with van der Waals surface area (Å²) >= 11 is 0. The van der Waals surface area contributed by atoms with Crippen molar-refractivity contribution in [1.82, 2.24) is 20.0 Å². The first-order valence-corrected chi connectivity index (χ1v) is 12.8. The quantitative estimate of drug-likeness (QED) is 0.533. The predicted molar refractivity (Wildman–Crippen MR) is 139 cm³/mol. The summed E-state index contributed by atoms with van der Waals surface area (Å²) < 4.78 is 36.9. The molecule has 0 unspecified atom stereocenters. The number of benzene rings is 2. The molecule has 0 saturated carbocycles. The molecule has 1 amide bonds. The number of nitrogens with zero attached hydrogens (tertiary/aromatic N) is 5. The van der Waals surface area contributed by atoms with E-state index in [1.807, 2.05) is 19.2 Å². The molecule has 198 valence electrons. The van der Waals surface area contributed by atoms with Gasteiger partial charge < -0.3 is 19.9 Å². The fourth-order valence-electron chi connectivity index (χ4n) is 5.22. The number of methoxy groups -OCH3 is 1. The van der Waals surface area contributed by atoms with Gasteiger partial charge in [-0.15, -0.1) is 0 Å². The Morgan fingerprint density at radius 2 is 1.95 bits per heavy atom. The highest BCUT2D eigenvalue weighted by molar-refractivity contribution is 5.94. The van der Waals surface area contributed by atoms with Crippen LogP contribution in [-0.2, 0) is 4.74 Å². The van der Waals surface area contributed by atoms with E-state index < -0.39 is 11.6 Å². The van der Waals surface area contributed by atoms with Crippen LogP contribution >= 0.6 is 0 Å². The summed E-state index contributed by atoms with van der Waals surface area (Å²) in [6, 6.07) is 12.6. The van der Waals surface area contributed by atoms with Crippen LogP contribution in [0, 0.1) is 23.0 Å². The second kappa shape index (κ2) is 10.9. The molecule has 2 fully saturated rings. The summed E-state index contributed by atoms with van der Waals surface area (Å²) in [5.41, 5.74) is 1.65. The second-order valence-corrected chi connectivity index (χ2v) is 9.74. The molecule has 3 aromatic rings. The normalized spacial score (nSPS) is 19.6. The smallest absolute Gasteiger partial charge is 0.274 e. The van der Waals surface area contributed by atoms with Crippen LogP contribution in [-0.4, -0.2) is 73.1 Å². The van der Waals surface area contributed by atoms with Gasteiger partial charge in [0.1, 0.15) is 17.6 Å². The Morgan fingerprint density at radius 3 is 2.63 bits per heavy atom. The number of hydrogen-bond acceptors (Lipinski definition) is 6. The van der Waals surface area contributed by atoms with Crippen molar-refractivity contribution >= 4 is 11.6 Å². The van der Waals surface area contributed by atoms with Gasteiger partial charge in [0, 0.05) is 50.6 Å². The molecule has 3 heterocycles. The minimum absolute atomic E-state index is 0.0990. The number of carbonyl (C=O) groups excluding carboxylic acids is 1. The van der Waals surface area contributed by atoms with Gasteiger partial charge in [-0.05, 0) is 62.7 Å². The molecule has 0 spiro atoms. The number of anilines is 1. The average molecular weight is 521 g/mol. The van der Waals surface area contributed by atoms with E-state index in [1.54, 1.807) is 30.2 Å². The van der Waals surface area contributed by atoms with E-state index >= 15 is 4.39 Å². The van der Waals surface area contributed by atoms with Crippen LogP contribution < -0.4 is 10.2 Å². The minimum Gasteiger partial charge on any atom is -0.380 e. The molecule has 10 heteroatoms. The summed E-state index contributed by atoms with van der Waals surface area (Å²) in [5, 5.41) is 16.9. The predicted octanol–water partition coefficient (Wildman–Crippen LogP) is 3.74. The number of piperidine rings is 1. The van der Waals surface area contributed by atoms with Gasteiger partial charge in [0.05, 0.1) is 17.4 Å². The van der Waals surface area contributed by atoms with E-state index in [1.165, 1.54) is 22.9 Å². The van der Waals surface area contributed by atoms with E-state index in [4.69, 9.17) is 10.00 Å². The minimum atomic E-state index is -0.698. The van der Waals surface area contributed by atoms with E-state index in [0.29, 0.717) is 30.9 Å². The van der Waals surface area contributed by atoms with Crippen LogP contribution in [0.2, 0.25) is 0 Å². The molecular weight excluding hydrogens is 490 g/mol. The number of nitrogens with one attached hydrogen (secondary N) is 1. The number of likely N-dealkylation sites (tertiary alicyclic amines) is 1. The first-order chi connectivity index (χ1) is 18.4. The monoisotopic (exact) mass is 520 g/mol. The zero-order valence-electron chi connectivity index (χ0n) is 21.5. The molecule has 38 heavy (non-hydrogen) atoms. The van der Waals surface area contributed by atoms with E-state index in [9.17, 15) is 9.18 Å². The van der Waals surface area contributed by atoms with Gasteiger partial charge in [0.2, 0.25) is 0 Å². The summed E-state index contributed by atoms with van der Waals surface area (Å²) in [6.07, 6.45) is 2.81. The fourth-order valence-corrected chi connectivity index (χ4v) is 5.22. The number of halogens is 2. The number of nitriles is 1. The maximum atomic E-state index is 15.6. The van der Waals surface area contributed by atoms with Crippen LogP contribution in [0.3, 0.4) is 0 Å². The number of hydrogen-bond donors (Lipinski definition) is 1. The van der Waals surface area contributed by atoms with Gasteiger partial charge in [-0.2, -0.15) is 10.4 Å². The van der Waals surface area contributed by atoms with Crippen LogP contribution in [0.25, 0.3) is 16.9 Å². The number of rotatable bonds is 6. The Bertz CT molecular complexity index is 1380. The number of ether oxygens (including phenoxy) is 1. The zero-order chi connectivity index (χ0) is 26.8. The van der Waals surface area contributed by atoms with Crippen LogP contribution in [0.5, 0.6) is 0 Å². The molecule has 5 rings (SSSR count). The highest BCUT2D eigenvalue weighted by Crippen LogP contribution is 2.30. The third-order valence-electron chi connectivity index (χ3n) is 7.43. The first-order valence-electron chi connectivity index (χ1n) is 12.8. The largest absolute Gasteiger partial charge is 0.380 e. The van der Waals surface area contributed by atoms with E-state index in [2.05, 4.69) is 15.3 Å². The molecule has 2 aliphatic rings. The van der Waals surface area contributed by atoms with Gasteiger partial charge in [-0.3, -0.25) is 4.79 Å². The molecule has 0 radical (unpaired) electrons. The molecule has 0 bridgehead atoms. The molecule has 0 aliphatic carbocycles. The summed E-state index contributed by atoms with van der Waals surface area (Å²) in [5.74, 6) is -1.48. The lowest BCUT2D eigenvalue weighted by Gasteiger charge is -2.32. The topological polar surface area (TPSA) is 86.4 Å². The van der Waals surface area contributed by atoms with Crippen molar-refractivity contribution in [1.29, 1.82) is 5.26 Å². The average Bonchev–Trinajstić information content (AvgIpc) is 3.60. The van der Waals surface area contributed by atoms with Crippen LogP contribution in [0.1, 0.15) is 35.3 Å². The lowest BCUT2D eigenvalue weighted by molar-refractivity contribution is 0.0691. The Hall–Kier alpha value is -3.81. The van der Waals surface area contributed by atoms with Crippen molar-refractivity contribution in [3.63, 3.8) is 0 Å². The highest BCUT2D eigenvalue weighted by Gasteiger charge is 2.28. The maximum Gasteiger partial charge on any atom is 0.274 e. The third kappa shape index (κ3) is 4.99. The molecular formula is C28H30F2N6O2. The Morgan fingerprint density at radius 1 is 1.11 bits per heavy atom. The summed E-state index contributed by atoms with van der Waals surface area (Å²) in [4.78, 5) is 17.2. The molecule has 2 aliphatic heterocycles. The van der Waals surface area contributed by atoms with E-state index in [-0.39, 0.29) is 35.0 Å². The molecule has 2 atom stereocenters. The summed E-state index contributed by atoms with van der Waals surface area (Å²) in [6.45, 7) is 2.59. The zero-order valence-corrected chi connectivity index (χ0v) is 21.5. The van der Waals surface area contributed by atoms with Crippen molar-refractivity contribution in [3.05, 3.63) is 65.4 Å². The number of aromatic nitrogens is 2. The Balaban J connectivity index is 1.54. The van der Waals surface area contributed by atoms with Crippen molar-refractivity contribution in [2.75, 3.05) is 45.2 Å². The summed E-state index contributed by atoms with van der Waals surface area (Å²) in [7, 11) is 3.54. The van der Waals surface area contributed by atoms with Crippen molar-refractivity contribution in [2.45, 2.75) is 31.4 Å². The highest BCUT2D eigenvalue weighted by atomic mass is 19.1. The van der Waals surface area contributed by atoms with Crippen molar-refractivity contribution in [3.8, 4) is 23.0 Å². The lowest BCUT2D eigenvalue weighted by Crippen LogP contribution is -2.47.